The monoisotopic (exact) mass is 377 g/mol. The molecular formula is C23H23NO4. The minimum atomic E-state index is -0.255. The second kappa shape index (κ2) is 9.46. The molecule has 1 N–H and O–H groups in total. The molecule has 144 valence electrons. The summed E-state index contributed by atoms with van der Waals surface area (Å²) in [5.74, 6) is 1.60. The Hall–Kier alpha value is -3.47. The maximum Gasteiger partial charge on any atom is 0.262 e. The second-order valence-corrected chi connectivity index (χ2v) is 6.00. The summed E-state index contributed by atoms with van der Waals surface area (Å²) in [5.41, 5.74) is 2.60. The lowest BCUT2D eigenvalue weighted by Gasteiger charge is -2.13. The van der Waals surface area contributed by atoms with Gasteiger partial charge >= 0.3 is 0 Å². The van der Waals surface area contributed by atoms with Crippen LogP contribution < -0.4 is 19.5 Å². The number of amides is 1. The number of para-hydroxylation sites is 1. The molecule has 5 nitrogen and oxygen atoms in total. The summed E-state index contributed by atoms with van der Waals surface area (Å²) in [7, 11) is 1.56. The molecule has 1 amide bonds. The van der Waals surface area contributed by atoms with Gasteiger partial charge in [0.25, 0.3) is 5.91 Å². The Kier molecular flexibility index (Phi) is 6.52. The van der Waals surface area contributed by atoms with Crippen molar-refractivity contribution >= 4 is 11.6 Å². The molecule has 0 atom stereocenters. The first kappa shape index (κ1) is 19.3. The topological polar surface area (TPSA) is 56.8 Å². The highest BCUT2D eigenvalue weighted by atomic mass is 16.5. The van der Waals surface area contributed by atoms with Crippen molar-refractivity contribution < 1.29 is 19.0 Å². The molecule has 0 unspecified atom stereocenters. The van der Waals surface area contributed by atoms with Gasteiger partial charge in [0.1, 0.15) is 5.75 Å². The molecule has 28 heavy (non-hydrogen) atoms. The molecule has 0 fully saturated rings. The van der Waals surface area contributed by atoms with Crippen molar-refractivity contribution in [3.05, 3.63) is 72.8 Å². The molecule has 0 aliphatic heterocycles. The molecule has 3 aromatic carbocycles. The van der Waals surface area contributed by atoms with Crippen molar-refractivity contribution in [2.24, 2.45) is 0 Å². The van der Waals surface area contributed by atoms with Crippen molar-refractivity contribution in [3.8, 4) is 28.4 Å². The van der Waals surface area contributed by atoms with Gasteiger partial charge in [-0.05, 0) is 30.7 Å². The van der Waals surface area contributed by atoms with Gasteiger partial charge in [-0.25, -0.2) is 0 Å². The molecule has 0 saturated heterocycles. The van der Waals surface area contributed by atoms with Crippen LogP contribution in [0.4, 0.5) is 5.69 Å². The van der Waals surface area contributed by atoms with Crippen LogP contribution in [0.25, 0.3) is 11.1 Å². The Bertz CT molecular complexity index is 925. The quantitative estimate of drug-likeness (QED) is 0.614. The first-order valence-corrected chi connectivity index (χ1v) is 9.09. The minimum Gasteiger partial charge on any atom is -0.493 e. The zero-order valence-electron chi connectivity index (χ0n) is 16.0. The molecular weight excluding hydrogens is 354 g/mol. The van der Waals surface area contributed by atoms with Crippen molar-refractivity contribution in [1.29, 1.82) is 0 Å². The SMILES string of the molecule is CCOc1ccc(NC(=O)COc2ccccc2-c2ccccc2)cc1OC. The van der Waals surface area contributed by atoms with Gasteiger partial charge in [0, 0.05) is 17.3 Å². The molecule has 0 radical (unpaired) electrons. The molecule has 3 aromatic rings. The number of carbonyl (C=O) groups excluding carboxylic acids is 1. The fourth-order valence-corrected chi connectivity index (χ4v) is 2.81. The largest absolute Gasteiger partial charge is 0.493 e. The van der Waals surface area contributed by atoms with Crippen molar-refractivity contribution in [2.45, 2.75) is 6.92 Å². The summed E-state index contributed by atoms with van der Waals surface area (Å²) in [6.45, 7) is 2.34. The van der Waals surface area contributed by atoms with Gasteiger partial charge in [-0.1, -0.05) is 48.5 Å². The highest BCUT2D eigenvalue weighted by molar-refractivity contribution is 5.92. The van der Waals surface area contributed by atoms with E-state index in [0.717, 1.165) is 11.1 Å². The van der Waals surface area contributed by atoms with E-state index >= 15 is 0 Å². The standard InChI is InChI=1S/C23H23NO4/c1-3-27-21-14-13-18(15-22(21)26-2)24-23(25)16-28-20-12-8-7-11-19(20)17-9-5-4-6-10-17/h4-15H,3,16H2,1-2H3,(H,24,25). The van der Waals surface area contributed by atoms with E-state index < -0.39 is 0 Å². The van der Waals surface area contributed by atoms with E-state index in [1.165, 1.54) is 0 Å². The summed E-state index contributed by atoms with van der Waals surface area (Å²) in [6, 6.07) is 22.8. The zero-order valence-corrected chi connectivity index (χ0v) is 16.0. The predicted molar refractivity (Wildman–Crippen MR) is 110 cm³/mol. The van der Waals surface area contributed by atoms with Crippen LogP contribution in [-0.2, 0) is 4.79 Å². The fraction of sp³-hybridized carbons (Fsp3) is 0.174. The number of hydrogen-bond acceptors (Lipinski definition) is 4. The minimum absolute atomic E-state index is 0.0978. The third kappa shape index (κ3) is 4.82. The highest BCUT2D eigenvalue weighted by Gasteiger charge is 2.10. The van der Waals surface area contributed by atoms with Crippen LogP contribution in [0.3, 0.4) is 0 Å². The van der Waals surface area contributed by atoms with Gasteiger partial charge in [-0.3, -0.25) is 4.79 Å². The number of methoxy groups -OCH3 is 1. The summed E-state index contributed by atoms with van der Waals surface area (Å²) in [6.07, 6.45) is 0. The molecule has 5 heteroatoms. The lowest BCUT2D eigenvalue weighted by Crippen LogP contribution is -2.20. The van der Waals surface area contributed by atoms with Crippen molar-refractivity contribution in [2.75, 3.05) is 25.6 Å². The number of ether oxygens (including phenoxy) is 3. The number of benzene rings is 3. The third-order valence-corrected chi connectivity index (χ3v) is 4.08. The van der Waals surface area contributed by atoms with Crippen LogP contribution in [0.2, 0.25) is 0 Å². The van der Waals surface area contributed by atoms with Crippen LogP contribution in [-0.4, -0.2) is 26.2 Å². The Morgan fingerprint density at radius 3 is 2.36 bits per heavy atom. The molecule has 0 aromatic heterocycles. The van der Waals surface area contributed by atoms with E-state index in [2.05, 4.69) is 5.32 Å². The molecule has 3 rings (SSSR count). The van der Waals surface area contributed by atoms with Gasteiger partial charge in [-0.2, -0.15) is 0 Å². The van der Waals surface area contributed by atoms with Crippen LogP contribution >= 0.6 is 0 Å². The fourth-order valence-electron chi connectivity index (χ4n) is 2.81. The predicted octanol–water partition coefficient (Wildman–Crippen LogP) is 4.78. The summed E-state index contributed by atoms with van der Waals surface area (Å²) in [4.78, 5) is 12.3. The average Bonchev–Trinajstić information content (AvgIpc) is 2.74. The first-order chi connectivity index (χ1) is 13.7. The Morgan fingerprint density at radius 1 is 0.857 bits per heavy atom. The van der Waals surface area contributed by atoms with E-state index in [1.807, 2.05) is 61.5 Å². The van der Waals surface area contributed by atoms with Crippen molar-refractivity contribution in [3.63, 3.8) is 0 Å². The maximum atomic E-state index is 12.3. The maximum absolute atomic E-state index is 12.3. The smallest absolute Gasteiger partial charge is 0.262 e. The van der Waals surface area contributed by atoms with Crippen LogP contribution in [0.15, 0.2) is 72.8 Å². The van der Waals surface area contributed by atoms with Gasteiger partial charge in [0.2, 0.25) is 0 Å². The summed E-state index contributed by atoms with van der Waals surface area (Å²) < 4.78 is 16.6. The molecule has 0 aliphatic carbocycles. The Balaban J connectivity index is 1.66. The van der Waals surface area contributed by atoms with Gasteiger partial charge < -0.3 is 19.5 Å². The highest BCUT2D eigenvalue weighted by Crippen LogP contribution is 2.31. The molecule has 0 bridgehead atoms. The Labute approximate surface area is 164 Å². The first-order valence-electron chi connectivity index (χ1n) is 9.09. The third-order valence-electron chi connectivity index (χ3n) is 4.08. The second-order valence-electron chi connectivity index (χ2n) is 6.00. The number of nitrogens with one attached hydrogen (secondary N) is 1. The average molecular weight is 377 g/mol. The van der Waals surface area contributed by atoms with Crippen LogP contribution in [0, 0.1) is 0 Å². The lowest BCUT2D eigenvalue weighted by atomic mass is 10.1. The number of rotatable bonds is 8. The normalized spacial score (nSPS) is 10.2. The molecule has 0 aliphatic rings. The van der Waals surface area contributed by atoms with Gasteiger partial charge in [0.05, 0.1) is 13.7 Å². The van der Waals surface area contributed by atoms with Crippen LogP contribution in [0.5, 0.6) is 17.2 Å². The lowest BCUT2D eigenvalue weighted by molar-refractivity contribution is -0.118. The van der Waals surface area contributed by atoms with E-state index in [-0.39, 0.29) is 12.5 Å². The molecule has 0 saturated carbocycles. The number of anilines is 1. The Morgan fingerprint density at radius 2 is 1.61 bits per heavy atom. The van der Waals surface area contributed by atoms with E-state index in [4.69, 9.17) is 14.2 Å². The van der Waals surface area contributed by atoms with Gasteiger partial charge in [0.15, 0.2) is 18.1 Å². The van der Waals surface area contributed by atoms with E-state index in [1.54, 1.807) is 25.3 Å². The number of hydrogen-bond donors (Lipinski definition) is 1. The zero-order chi connectivity index (χ0) is 19.8. The summed E-state index contributed by atoms with van der Waals surface area (Å²) >= 11 is 0. The van der Waals surface area contributed by atoms with E-state index in [9.17, 15) is 4.79 Å². The van der Waals surface area contributed by atoms with E-state index in [0.29, 0.717) is 29.5 Å². The summed E-state index contributed by atoms with van der Waals surface area (Å²) in [5, 5.41) is 2.82. The molecule has 0 spiro atoms. The van der Waals surface area contributed by atoms with Gasteiger partial charge in [-0.15, -0.1) is 0 Å². The van der Waals surface area contributed by atoms with Crippen LogP contribution in [0.1, 0.15) is 6.92 Å². The molecule has 0 heterocycles. The van der Waals surface area contributed by atoms with Crippen molar-refractivity contribution in [1.82, 2.24) is 0 Å². The number of carbonyl (C=O) groups is 1.